The van der Waals surface area contributed by atoms with Gasteiger partial charge in [0.15, 0.2) is 0 Å². The van der Waals surface area contributed by atoms with E-state index in [-0.39, 0.29) is 0 Å². The molecule has 0 unspecified atom stereocenters. The van der Waals surface area contributed by atoms with E-state index in [1.807, 2.05) is 0 Å². The van der Waals surface area contributed by atoms with Crippen molar-refractivity contribution in [1.29, 1.82) is 0 Å². The van der Waals surface area contributed by atoms with Crippen molar-refractivity contribution in [2.75, 3.05) is 0 Å². The fraction of sp³-hybridized carbons (Fsp3) is 0.688. The molecule has 93 valence electrons. The lowest BCUT2D eigenvalue weighted by Gasteiger charge is -2.00. The topological polar surface area (TPSA) is 0 Å². The Labute approximate surface area is 103 Å². The van der Waals surface area contributed by atoms with Crippen LogP contribution in [0.5, 0.6) is 0 Å². The Hall–Kier alpha value is -0.520. The Balaban J connectivity index is 2.96. The van der Waals surface area contributed by atoms with Crippen molar-refractivity contribution in [2.45, 2.75) is 71.1 Å². The standard InChI is InChI=1S/C16H29/c1-3-5-7-9-11-13-15-16-14-12-10-8-6-4-2/h4-7H,1,3,8-16H2,2H3. The Bertz CT molecular complexity index is 165. The molecule has 0 aromatic carbocycles. The predicted octanol–water partition coefficient (Wildman–Crippen LogP) is 5.85. The smallest absolute Gasteiger partial charge is 0.0351 e. The van der Waals surface area contributed by atoms with E-state index in [2.05, 4.69) is 38.2 Å². The van der Waals surface area contributed by atoms with E-state index < -0.39 is 0 Å². The van der Waals surface area contributed by atoms with E-state index in [1.54, 1.807) is 0 Å². The molecule has 0 rings (SSSR count). The second-order valence-corrected chi connectivity index (χ2v) is 4.38. The first-order valence-corrected chi connectivity index (χ1v) is 6.97. The van der Waals surface area contributed by atoms with E-state index in [0.29, 0.717) is 0 Å². The van der Waals surface area contributed by atoms with Crippen LogP contribution < -0.4 is 0 Å². The van der Waals surface area contributed by atoms with Crippen LogP contribution in [0.3, 0.4) is 0 Å². The minimum atomic E-state index is 0.937. The van der Waals surface area contributed by atoms with Gasteiger partial charge in [0.05, 0.1) is 0 Å². The Morgan fingerprint density at radius 1 is 0.688 bits per heavy atom. The van der Waals surface area contributed by atoms with Crippen molar-refractivity contribution in [3.8, 4) is 0 Å². The van der Waals surface area contributed by atoms with Gasteiger partial charge in [0, 0.05) is 0 Å². The summed E-state index contributed by atoms with van der Waals surface area (Å²) in [5.74, 6) is 0. The van der Waals surface area contributed by atoms with Crippen molar-refractivity contribution in [1.82, 2.24) is 0 Å². The first kappa shape index (κ1) is 15.5. The molecule has 0 fully saturated rings. The Morgan fingerprint density at radius 3 is 1.69 bits per heavy atom. The molecule has 0 saturated carbocycles. The molecule has 0 amide bonds. The zero-order chi connectivity index (χ0) is 11.9. The summed E-state index contributed by atoms with van der Waals surface area (Å²) >= 11 is 0. The molecule has 0 nitrogen and oxygen atoms in total. The van der Waals surface area contributed by atoms with Gasteiger partial charge in [-0.3, -0.25) is 0 Å². The van der Waals surface area contributed by atoms with Crippen LogP contribution in [-0.2, 0) is 0 Å². The van der Waals surface area contributed by atoms with E-state index in [0.717, 1.165) is 6.42 Å². The molecule has 0 N–H and O–H groups in total. The van der Waals surface area contributed by atoms with E-state index in [1.165, 1.54) is 57.8 Å². The molecule has 0 aromatic rings. The number of hydrogen-bond acceptors (Lipinski definition) is 0. The molecule has 1 radical (unpaired) electrons. The zero-order valence-corrected chi connectivity index (χ0v) is 11.1. The molecule has 0 aromatic heterocycles. The van der Waals surface area contributed by atoms with Gasteiger partial charge < -0.3 is 0 Å². The maximum Gasteiger partial charge on any atom is -0.0351 e. The van der Waals surface area contributed by atoms with E-state index in [9.17, 15) is 0 Å². The maximum atomic E-state index is 3.78. The van der Waals surface area contributed by atoms with Gasteiger partial charge in [0.25, 0.3) is 0 Å². The molecule has 0 aliphatic heterocycles. The molecule has 0 heteroatoms. The molecule has 0 bridgehead atoms. The van der Waals surface area contributed by atoms with Gasteiger partial charge in [-0.25, -0.2) is 0 Å². The fourth-order valence-electron chi connectivity index (χ4n) is 1.81. The van der Waals surface area contributed by atoms with Crippen molar-refractivity contribution in [3.05, 3.63) is 31.2 Å². The summed E-state index contributed by atoms with van der Waals surface area (Å²) in [5, 5.41) is 0. The number of hydrogen-bond donors (Lipinski definition) is 0. The minimum Gasteiger partial charge on any atom is -0.0917 e. The highest BCUT2D eigenvalue weighted by Gasteiger charge is 1.90. The fourth-order valence-corrected chi connectivity index (χ4v) is 1.81. The summed E-state index contributed by atoms with van der Waals surface area (Å²) in [6.45, 7) is 5.88. The maximum absolute atomic E-state index is 3.78. The highest BCUT2D eigenvalue weighted by molar-refractivity contribution is 4.81. The molecule has 0 spiro atoms. The molecule has 0 saturated heterocycles. The molecule has 16 heavy (non-hydrogen) atoms. The number of allylic oxidation sites excluding steroid dienone is 4. The van der Waals surface area contributed by atoms with Crippen LogP contribution in [0, 0.1) is 6.92 Å². The van der Waals surface area contributed by atoms with Gasteiger partial charge in [0.1, 0.15) is 0 Å². The molecule has 0 aliphatic rings. The van der Waals surface area contributed by atoms with Gasteiger partial charge in [-0.05, 0) is 46.0 Å². The first-order chi connectivity index (χ1) is 7.91. The van der Waals surface area contributed by atoms with E-state index in [4.69, 9.17) is 0 Å². The normalized spacial score (nSPS) is 11.9. The van der Waals surface area contributed by atoms with Gasteiger partial charge in [-0.1, -0.05) is 56.4 Å². The molecule has 0 aliphatic carbocycles. The Morgan fingerprint density at radius 2 is 1.19 bits per heavy atom. The van der Waals surface area contributed by atoms with Crippen molar-refractivity contribution in [2.24, 2.45) is 0 Å². The summed E-state index contributed by atoms with van der Waals surface area (Å²) in [5.41, 5.74) is 0. The van der Waals surface area contributed by atoms with Gasteiger partial charge in [-0.15, -0.1) is 0 Å². The number of unbranched alkanes of at least 4 members (excludes halogenated alkanes) is 8. The van der Waals surface area contributed by atoms with Crippen molar-refractivity contribution in [3.63, 3.8) is 0 Å². The summed E-state index contributed by atoms with van der Waals surface area (Å²) in [6, 6.07) is 0. The summed E-state index contributed by atoms with van der Waals surface area (Å²) in [4.78, 5) is 0. The minimum absolute atomic E-state index is 0.937. The highest BCUT2D eigenvalue weighted by atomic mass is 14.0. The largest absolute Gasteiger partial charge is 0.0917 e. The summed E-state index contributed by atoms with van der Waals surface area (Å²) < 4.78 is 0. The highest BCUT2D eigenvalue weighted by Crippen LogP contribution is 2.10. The SMILES string of the molecule is [CH2]CC=CCCCCCCCCCC=CC. The molecular formula is C16H29. The molecule has 0 heterocycles. The monoisotopic (exact) mass is 221 g/mol. The third-order valence-corrected chi connectivity index (χ3v) is 2.81. The lowest BCUT2D eigenvalue weighted by Crippen LogP contribution is -1.80. The quantitative estimate of drug-likeness (QED) is 0.303. The lowest BCUT2D eigenvalue weighted by atomic mass is 10.1. The summed E-state index contributed by atoms with van der Waals surface area (Å²) in [6.07, 6.45) is 22.1. The van der Waals surface area contributed by atoms with Gasteiger partial charge in [0.2, 0.25) is 0 Å². The predicted molar refractivity (Wildman–Crippen MR) is 75.5 cm³/mol. The van der Waals surface area contributed by atoms with Crippen LogP contribution >= 0.6 is 0 Å². The first-order valence-electron chi connectivity index (χ1n) is 6.97. The summed E-state index contributed by atoms with van der Waals surface area (Å²) in [7, 11) is 0. The van der Waals surface area contributed by atoms with Crippen LogP contribution in [-0.4, -0.2) is 0 Å². The van der Waals surface area contributed by atoms with Crippen LogP contribution in [0.25, 0.3) is 0 Å². The Kier molecular flexibility index (Phi) is 14.0. The van der Waals surface area contributed by atoms with Gasteiger partial charge >= 0.3 is 0 Å². The second kappa shape index (κ2) is 14.5. The second-order valence-electron chi connectivity index (χ2n) is 4.38. The van der Waals surface area contributed by atoms with Crippen LogP contribution in [0.2, 0.25) is 0 Å². The van der Waals surface area contributed by atoms with Crippen molar-refractivity contribution < 1.29 is 0 Å². The average Bonchev–Trinajstić information content (AvgIpc) is 2.31. The lowest BCUT2D eigenvalue weighted by molar-refractivity contribution is 0.583. The molecular weight excluding hydrogens is 192 g/mol. The average molecular weight is 221 g/mol. The zero-order valence-electron chi connectivity index (χ0n) is 11.1. The van der Waals surface area contributed by atoms with Crippen LogP contribution in [0.15, 0.2) is 24.3 Å². The van der Waals surface area contributed by atoms with E-state index >= 15 is 0 Å². The third kappa shape index (κ3) is 13.5. The number of rotatable bonds is 11. The van der Waals surface area contributed by atoms with Crippen molar-refractivity contribution >= 4 is 0 Å². The molecule has 0 atom stereocenters. The third-order valence-electron chi connectivity index (χ3n) is 2.81. The van der Waals surface area contributed by atoms with Gasteiger partial charge in [-0.2, -0.15) is 0 Å². The van der Waals surface area contributed by atoms with Crippen LogP contribution in [0.4, 0.5) is 0 Å². The van der Waals surface area contributed by atoms with Crippen LogP contribution in [0.1, 0.15) is 71.1 Å².